The highest BCUT2D eigenvalue weighted by Crippen LogP contribution is 2.17. The smallest absolute Gasteiger partial charge is 0.312 e. The summed E-state index contributed by atoms with van der Waals surface area (Å²) in [5, 5.41) is 14.0. The molecule has 1 saturated carbocycles. The first-order valence-electron chi connectivity index (χ1n) is 6.26. The van der Waals surface area contributed by atoms with E-state index in [1.54, 1.807) is 6.92 Å². The standard InChI is InChI=1S/C11H16N4O4/c1-2-13-7-9(15(18)19)10(16)14(11(13)17)6-5-12-8-3-4-8/h7-8,12H,2-6H2,1H3. The number of aryl methyl sites for hydroxylation is 1. The van der Waals surface area contributed by atoms with Crippen LogP contribution in [-0.2, 0) is 13.1 Å². The first-order chi connectivity index (χ1) is 9.04. The van der Waals surface area contributed by atoms with Crippen LogP contribution in [0.5, 0.6) is 0 Å². The van der Waals surface area contributed by atoms with E-state index < -0.39 is 21.9 Å². The van der Waals surface area contributed by atoms with Crippen molar-refractivity contribution in [2.45, 2.75) is 38.9 Å². The number of aromatic nitrogens is 2. The van der Waals surface area contributed by atoms with Crippen molar-refractivity contribution < 1.29 is 4.92 Å². The molecule has 104 valence electrons. The Morgan fingerprint density at radius 1 is 1.47 bits per heavy atom. The van der Waals surface area contributed by atoms with E-state index >= 15 is 0 Å². The van der Waals surface area contributed by atoms with Crippen LogP contribution in [0.25, 0.3) is 0 Å². The van der Waals surface area contributed by atoms with Crippen LogP contribution in [0.1, 0.15) is 19.8 Å². The van der Waals surface area contributed by atoms with Crippen molar-refractivity contribution in [2.24, 2.45) is 0 Å². The van der Waals surface area contributed by atoms with Gasteiger partial charge in [-0.15, -0.1) is 0 Å². The van der Waals surface area contributed by atoms with Crippen molar-refractivity contribution in [3.05, 3.63) is 37.1 Å². The lowest BCUT2D eigenvalue weighted by atomic mass is 10.4. The van der Waals surface area contributed by atoms with E-state index in [2.05, 4.69) is 5.32 Å². The van der Waals surface area contributed by atoms with E-state index in [0.717, 1.165) is 23.6 Å². The predicted octanol–water partition coefficient (Wildman–Crippen LogP) is -0.310. The van der Waals surface area contributed by atoms with Crippen LogP contribution in [0.15, 0.2) is 15.8 Å². The highest BCUT2D eigenvalue weighted by atomic mass is 16.6. The molecule has 2 rings (SSSR count). The van der Waals surface area contributed by atoms with Crippen LogP contribution in [0.4, 0.5) is 5.69 Å². The summed E-state index contributed by atoms with van der Waals surface area (Å²) in [7, 11) is 0. The first-order valence-corrected chi connectivity index (χ1v) is 6.26. The predicted molar refractivity (Wildman–Crippen MR) is 68.3 cm³/mol. The second-order valence-electron chi connectivity index (χ2n) is 4.53. The summed E-state index contributed by atoms with van der Waals surface area (Å²) >= 11 is 0. The monoisotopic (exact) mass is 268 g/mol. The Labute approximate surface area is 108 Å². The quantitative estimate of drug-likeness (QED) is 0.563. The molecule has 0 unspecified atom stereocenters. The Morgan fingerprint density at radius 3 is 2.68 bits per heavy atom. The molecule has 1 N–H and O–H groups in total. The molecule has 19 heavy (non-hydrogen) atoms. The van der Waals surface area contributed by atoms with Gasteiger partial charge in [-0.25, -0.2) is 4.79 Å². The summed E-state index contributed by atoms with van der Waals surface area (Å²) in [6.07, 6.45) is 3.21. The third kappa shape index (κ3) is 2.90. The molecule has 0 atom stereocenters. The fourth-order valence-electron chi connectivity index (χ4n) is 1.86. The summed E-state index contributed by atoms with van der Waals surface area (Å²) < 4.78 is 2.10. The molecule has 0 aromatic carbocycles. The second-order valence-corrected chi connectivity index (χ2v) is 4.53. The molecule has 8 heteroatoms. The van der Waals surface area contributed by atoms with Gasteiger partial charge in [0.15, 0.2) is 0 Å². The highest BCUT2D eigenvalue weighted by Gasteiger charge is 2.22. The van der Waals surface area contributed by atoms with Crippen molar-refractivity contribution >= 4 is 5.69 Å². The minimum absolute atomic E-state index is 0.149. The van der Waals surface area contributed by atoms with E-state index in [9.17, 15) is 19.7 Å². The summed E-state index contributed by atoms with van der Waals surface area (Å²) in [6, 6.07) is 0.461. The highest BCUT2D eigenvalue weighted by molar-refractivity contribution is 5.21. The van der Waals surface area contributed by atoms with Gasteiger partial charge in [-0.05, 0) is 19.8 Å². The molecule has 1 heterocycles. The molecule has 0 radical (unpaired) electrons. The largest absolute Gasteiger partial charge is 0.350 e. The molecular formula is C11H16N4O4. The van der Waals surface area contributed by atoms with Crippen LogP contribution in [0.3, 0.4) is 0 Å². The first kappa shape index (κ1) is 13.5. The molecule has 1 aromatic rings. The van der Waals surface area contributed by atoms with Crippen molar-refractivity contribution in [3.63, 3.8) is 0 Å². The fourth-order valence-corrected chi connectivity index (χ4v) is 1.86. The molecule has 1 aliphatic carbocycles. The lowest BCUT2D eigenvalue weighted by molar-refractivity contribution is -0.387. The third-order valence-corrected chi connectivity index (χ3v) is 3.10. The molecule has 0 amide bonds. The van der Waals surface area contributed by atoms with Crippen molar-refractivity contribution in [2.75, 3.05) is 6.54 Å². The molecule has 0 bridgehead atoms. The normalized spacial score (nSPS) is 14.6. The lowest BCUT2D eigenvalue weighted by Gasteiger charge is -2.08. The zero-order valence-corrected chi connectivity index (χ0v) is 10.7. The molecule has 8 nitrogen and oxygen atoms in total. The average molecular weight is 268 g/mol. The van der Waals surface area contributed by atoms with E-state index in [1.807, 2.05) is 0 Å². The van der Waals surface area contributed by atoms with Gasteiger partial charge < -0.3 is 5.32 Å². The Hall–Kier alpha value is -1.96. The van der Waals surface area contributed by atoms with Gasteiger partial charge in [-0.2, -0.15) is 0 Å². The Bertz CT molecular complexity index is 600. The zero-order chi connectivity index (χ0) is 14.0. The number of nitrogens with one attached hydrogen (secondary N) is 1. The maximum absolute atomic E-state index is 12.0. The number of hydrogen-bond acceptors (Lipinski definition) is 5. The maximum Gasteiger partial charge on any atom is 0.350 e. The van der Waals surface area contributed by atoms with Crippen LogP contribution >= 0.6 is 0 Å². The van der Waals surface area contributed by atoms with E-state index in [4.69, 9.17) is 0 Å². The molecule has 0 saturated heterocycles. The zero-order valence-electron chi connectivity index (χ0n) is 10.7. The minimum atomic E-state index is -0.836. The number of hydrogen-bond donors (Lipinski definition) is 1. The van der Waals surface area contributed by atoms with Crippen LogP contribution in [0, 0.1) is 10.1 Å². The van der Waals surface area contributed by atoms with E-state index in [0.29, 0.717) is 12.6 Å². The topological polar surface area (TPSA) is 99.2 Å². The van der Waals surface area contributed by atoms with Gasteiger partial charge in [0.2, 0.25) is 0 Å². The fraction of sp³-hybridized carbons (Fsp3) is 0.636. The Morgan fingerprint density at radius 2 is 2.16 bits per heavy atom. The average Bonchev–Trinajstić information content (AvgIpc) is 3.17. The number of nitro groups is 1. The molecule has 1 aliphatic rings. The summed E-state index contributed by atoms with van der Waals surface area (Å²) in [5.41, 5.74) is -1.90. The van der Waals surface area contributed by atoms with Crippen molar-refractivity contribution in [1.82, 2.24) is 14.5 Å². The molecule has 1 fully saturated rings. The SMILES string of the molecule is CCn1cc([N+](=O)[O-])c(=O)n(CCNC2CC2)c1=O. The van der Waals surface area contributed by atoms with E-state index in [-0.39, 0.29) is 13.1 Å². The molecule has 0 spiro atoms. The summed E-state index contributed by atoms with van der Waals surface area (Å²) in [5.74, 6) is 0. The minimum Gasteiger partial charge on any atom is -0.312 e. The third-order valence-electron chi connectivity index (χ3n) is 3.10. The van der Waals surface area contributed by atoms with Gasteiger partial charge in [-0.3, -0.25) is 24.0 Å². The van der Waals surface area contributed by atoms with Gasteiger partial charge in [0.05, 0.1) is 11.1 Å². The summed E-state index contributed by atoms with van der Waals surface area (Å²) in [4.78, 5) is 33.9. The van der Waals surface area contributed by atoms with Crippen molar-refractivity contribution in [1.29, 1.82) is 0 Å². The number of nitrogens with zero attached hydrogens (tertiary/aromatic N) is 3. The maximum atomic E-state index is 12.0. The van der Waals surface area contributed by atoms with Crippen molar-refractivity contribution in [3.8, 4) is 0 Å². The Kier molecular flexibility index (Phi) is 3.79. The Balaban J connectivity index is 2.32. The number of rotatable bonds is 6. The van der Waals surface area contributed by atoms with E-state index in [1.165, 1.54) is 4.57 Å². The van der Waals surface area contributed by atoms with Gasteiger partial charge in [0, 0.05) is 25.7 Å². The van der Waals surface area contributed by atoms with Crippen LogP contribution in [-0.4, -0.2) is 26.6 Å². The van der Waals surface area contributed by atoms with Gasteiger partial charge >= 0.3 is 16.9 Å². The second kappa shape index (κ2) is 5.35. The molecule has 0 aliphatic heterocycles. The van der Waals surface area contributed by atoms with Crippen LogP contribution < -0.4 is 16.6 Å². The van der Waals surface area contributed by atoms with Gasteiger partial charge in [0.1, 0.15) is 0 Å². The molecular weight excluding hydrogens is 252 g/mol. The molecule has 1 aromatic heterocycles. The lowest BCUT2D eigenvalue weighted by Crippen LogP contribution is -2.42. The van der Waals surface area contributed by atoms with Crippen LogP contribution in [0.2, 0.25) is 0 Å². The summed E-state index contributed by atoms with van der Waals surface area (Å²) in [6.45, 7) is 2.60. The van der Waals surface area contributed by atoms with Gasteiger partial charge in [0.25, 0.3) is 0 Å². The van der Waals surface area contributed by atoms with Gasteiger partial charge in [-0.1, -0.05) is 0 Å².